The minimum Gasteiger partial charge on any atom is -0.374 e. The van der Waals surface area contributed by atoms with Crippen LogP contribution >= 0.6 is 0 Å². The predicted octanol–water partition coefficient (Wildman–Crippen LogP) is 3.73. The highest BCUT2D eigenvalue weighted by molar-refractivity contribution is 5.75. The zero-order valence-corrected chi connectivity index (χ0v) is 10.9. The second-order valence-electron chi connectivity index (χ2n) is 4.18. The maximum atomic E-state index is 12.6. The smallest absolute Gasteiger partial charge is 0.374 e. The maximum Gasteiger partial charge on any atom is 0.416 e. The molecule has 10 heteroatoms. The van der Waals surface area contributed by atoms with E-state index in [2.05, 4.69) is 5.32 Å². The number of halogens is 3. The second-order valence-corrected chi connectivity index (χ2v) is 4.18. The van der Waals surface area contributed by atoms with Crippen molar-refractivity contribution in [3.05, 3.63) is 37.9 Å². The van der Waals surface area contributed by atoms with E-state index in [0.717, 1.165) is 6.42 Å². The SMILES string of the molecule is CCCCNc1c([N+](=O)[O-])cc(C(F)(F)F)cc1[N+](=O)[O-]. The van der Waals surface area contributed by atoms with Crippen LogP contribution in [0.15, 0.2) is 12.1 Å². The summed E-state index contributed by atoms with van der Waals surface area (Å²) in [6.07, 6.45) is -3.62. The first-order chi connectivity index (χ1) is 9.68. The van der Waals surface area contributed by atoms with Crippen LogP contribution in [0.3, 0.4) is 0 Å². The van der Waals surface area contributed by atoms with Crippen molar-refractivity contribution in [2.45, 2.75) is 25.9 Å². The van der Waals surface area contributed by atoms with E-state index in [-0.39, 0.29) is 6.54 Å². The van der Waals surface area contributed by atoms with Crippen LogP contribution < -0.4 is 5.32 Å². The Morgan fingerprint density at radius 2 is 1.62 bits per heavy atom. The van der Waals surface area contributed by atoms with Crippen molar-refractivity contribution in [3.8, 4) is 0 Å². The topological polar surface area (TPSA) is 98.3 Å². The zero-order valence-electron chi connectivity index (χ0n) is 10.9. The second kappa shape index (κ2) is 6.37. The number of benzene rings is 1. The molecule has 0 unspecified atom stereocenters. The summed E-state index contributed by atoms with van der Waals surface area (Å²) in [7, 11) is 0. The van der Waals surface area contributed by atoms with Crippen LogP contribution in [0.2, 0.25) is 0 Å². The first kappa shape index (κ1) is 16.7. The van der Waals surface area contributed by atoms with Crippen molar-refractivity contribution >= 4 is 17.1 Å². The summed E-state index contributed by atoms with van der Waals surface area (Å²) in [4.78, 5) is 19.6. The van der Waals surface area contributed by atoms with E-state index in [4.69, 9.17) is 0 Å². The molecule has 0 fully saturated rings. The van der Waals surface area contributed by atoms with E-state index in [9.17, 15) is 33.4 Å². The van der Waals surface area contributed by atoms with Crippen molar-refractivity contribution in [1.29, 1.82) is 0 Å². The molecule has 0 atom stereocenters. The van der Waals surface area contributed by atoms with Crippen molar-refractivity contribution in [1.82, 2.24) is 0 Å². The Labute approximate surface area is 117 Å². The highest BCUT2D eigenvalue weighted by Crippen LogP contribution is 2.41. The fraction of sp³-hybridized carbons (Fsp3) is 0.455. The van der Waals surface area contributed by atoms with Crippen molar-refractivity contribution in [2.24, 2.45) is 0 Å². The molecule has 7 nitrogen and oxygen atoms in total. The minimum absolute atomic E-state index is 0.184. The standard InChI is InChI=1S/C11H12F3N3O4/c1-2-3-4-15-10-8(16(18)19)5-7(11(12,13)14)6-9(10)17(20)21/h5-6,15H,2-4H2,1H3. The third-order valence-corrected chi connectivity index (χ3v) is 2.65. The zero-order chi connectivity index (χ0) is 16.2. The van der Waals surface area contributed by atoms with Crippen molar-refractivity contribution in [3.63, 3.8) is 0 Å². The van der Waals surface area contributed by atoms with Gasteiger partial charge in [-0.1, -0.05) is 13.3 Å². The molecule has 21 heavy (non-hydrogen) atoms. The van der Waals surface area contributed by atoms with Crippen LogP contribution in [0.25, 0.3) is 0 Å². The molecule has 0 aliphatic rings. The molecular weight excluding hydrogens is 295 g/mol. The van der Waals surface area contributed by atoms with Gasteiger partial charge in [0.1, 0.15) is 0 Å². The van der Waals surface area contributed by atoms with E-state index >= 15 is 0 Å². The van der Waals surface area contributed by atoms with E-state index in [0.29, 0.717) is 18.6 Å². The van der Waals surface area contributed by atoms with Gasteiger partial charge in [-0.05, 0) is 6.42 Å². The lowest BCUT2D eigenvalue weighted by atomic mass is 10.1. The molecule has 0 heterocycles. The molecule has 0 spiro atoms. The quantitative estimate of drug-likeness (QED) is 0.490. The number of nitrogens with zero attached hydrogens (tertiary/aromatic N) is 2. The lowest BCUT2D eigenvalue weighted by Crippen LogP contribution is -2.11. The monoisotopic (exact) mass is 307 g/mol. The molecule has 1 aromatic rings. The molecule has 0 bridgehead atoms. The highest BCUT2D eigenvalue weighted by Gasteiger charge is 2.37. The van der Waals surface area contributed by atoms with E-state index < -0.39 is 38.6 Å². The molecule has 0 saturated heterocycles. The Hall–Kier alpha value is -2.39. The molecular formula is C11H12F3N3O4. The number of nitrogens with one attached hydrogen (secondary N) is 1. The number of alkyl halides is 3. The van der Waals surface area contributed by atoms with Crippen molar-refractivity contribution in [2.75, 3.05) is 11.9 Å². The van der Waals surface area contributed by atoms with Gasteiger partial charge in [-0.15, -0.1) is 0 Å². The predicted molar refractivity (Wildman–Crippen MR) is 68.2 cm³/mol. The Morgan fingerprint density at radius 1 is 1.14 bits per heavy atom. The summed E-state index contributed by atoms with van der Waals surface area (Å²) in [5.41, 5.74) is -3.87. The maximum absolute atomic E-state index is 12.6. The Kier molecular flexibility index (Phi) is 5.06. The van der Waals surface area contributed by atoms with Gasteiger partial charge >= 0.3 is 6.18 Å². The molecule has 0 aliphatic carbocycles. The average Bonchev–Trinajstić information content (AvgIpc) is 2.36. The summed E-state index contributed by atoms with van der Waals surface area (Å²) in [5, 5.41) is 24.2. The third kappa shape index (κ3) is 4.04. The highest BCUT2D eigenvalue weighted by atomic mass is 19.4. The Bertz CT molecular complexity index is 525. The average molecular weight is 307 g/mol. The number of rotatable bonds is 6. The van der Waals surface area contributed by atoms with Gasteiger partial charge in [0.05, 0.1) is 15.4 Å². The van der Waals surface area contributed by atoms with Crippen LogP contribution in [-0.2, 0) is 6.18 Å². The molecule has 0 aromatic heterocycles. The molecule has 116 valence electrons. The van der Waals surface area contributed by atoms with Crippen molar-refractivity contribution < 1.29 is 23.0 Å². The minimum atomic E-state index is -4.91. The Morgan fingerprint density at radius 3 is 1.95 bits per heavy atom. The summed E-state index contributed by atoms with van der Waals surface area (Å²) < 4.78 is 37.9. The van der Waals surface area contributed by atoms with E-state index in [1.54, 1.807) is 0 Å². The lowest BCUT2D eigenvalue weighted by Gasteiger charge is -2.11. The molecule has 1 rings (SSSR count). The molecule has 0 aliphatic heterocycles. The van der Waals surface area contributed by atoms with Gasteiger partial charge in [0.25, 0.3) is 11.4 Å². The number of nitro groups is 2. The third-order valence-electron chi connectivity index (χ3n) is 2.65. The van der Waals surface area contributed by atoms with E-state index in [1.807, 2.05) is 6.92 Å². The lowest BCUT2D eigenvalue weighted by molar-refractivity contribution is -0.392. The number of unbranched alkanes of at least 4 members (excludes halogenated alkanes) is 1. The number of hydrogen-bond acceptors (Lipinski definition) is 5. The van der Waals surface area contributed by atoms with Crippen LogP contribution in [0.5, 0.6) is 0 Å². The van der Waals surface area contributed by atoms with Gasteiger partial charge in [0, 0.05) is 18.7 Å². The van der Waals surface area contributed by atoms with Gasteiger partial charge in [0.15, 0.2) is 5.69 Å². The normalized spacial score (nSPS) is 11.2. The number of nitro benzene ring substituents is 2. The first-order valence-electron chi connectivity index (χ1n) is 5.96. The number of anilines is 1. The first-order valence-corrected chi connectivity index (χ1v) is 5.96. The van der Waals surface area contributed by atoms with Gasteiger partial charge in [-0.3, -0.25) is 20.2 Å². The fourth-order valence-electron chi connectivity index (χ4n) is 1.63. The van der Waals surface area contributed by atoms with Crippen LogP contribution in [0, 0.1) is 20.2 Å². The summed E-state index contributed by atoms with van der Waals surface area (Å²) in [6, 6.07) is 0.586. The largest absolute Gasteiger partial charge is 0.416 e. The van der Waals surface area contributed by atoms with Gasteiger partial charge in [-0.2, -0.15) is 13.2 Å². The van der Waals surface area contributed by atoms with Gasteiger partial charge in [0.2, 0.25) is 0 Å². The molecule has 1 aromatic carbocycles. The van der Waals surface area contributed by atoms with Crippen LogP contribution in [-0.4, -0.2) is 16.4 Å². The number of hydrogen-bond donors (Lipinski definition) is 1. The van der Waals surface area contributed by atoms with Gasteiger partial charge in [-0.25, -0.2) is 0 Å². The fourth-order valence-corrected chi connectivity index (χ4v) is 1.63. The van der Waals surface area contributed by atoms with Gasteiger partial charge < -0.3 is 5.32 Å². The summed E-state index contributed by atoms with van der Waals surface area (Å²) in [6.45, 7) is 2.01. The molecule has 1 N–H and O–H groups in total. The van der Waals surface area contributed by atoms with Crippen LogP contribution in [0.1, 0.15) is 25.3 Å². The van der Waals surface area contributed by atoms with E-state index in [1.165, 1.54) is 0 Å². The Balaban J connectivity index is 3.44. The van der Waals surface area contributed by atoms with Crippen LogP contribution in [0.4, 0.5) is 30.2 Å². The summed E-state index contributed by atoms with van der Waals surface area (Å²) >= 11 is 0. The molecule has 0 saturated carbocycles. The molecule has 0 amide bonds. The molecule has 0 radical (unpaired) electrons. The summed E-state index contributed by atoms with van der Waals surface area (Å²) in [5.74, 6) is 0.